The van der Waals surface area contributed by atoms with E-state index in [4.69, 9.17) is 22.6 Å². The van der Waals surface area contributed by atoms with Crippen LogP contribution in [0.1, 0.15) is 28.0 Å². The van der Waals surface area contributed by atoms with Crippen LogP contribution in [-0.4, -0.2) is 10.2 Å². The number of alkyl halides is 2. The van der Waals surface area contributed by atoms with Crippen LogP contribution < -0.4 is 5.73 Å². The van der Waals surface area contributed by atoms with E-state index in [9.17, 15) is 13.6 Å². The molecule has 0 atom stereocenters. The number of nitrogens with zero attached hydrogens (tertiary/aromatic N) is 2. The predicted octanol–water partition coefficient (Wildman–Crippen LogP) is 1.85. The molecular weight excluding hydrogens is 228 g/mol. The number of pyridine rings is 1. The molecule has 4 nitrogen and oxygen atoms in total. The number of hydrogen-bond acceptors (Lipinski definition) is 4. The average Bonchev–Trinajstić information content (AvgIpc) is 2.16. The Labute approximate surface area is 88.3 Å². The Hall–Kier alpha value is -1.74. The molecule has 1 aromatic rings. The van der Waals surface area contributed by atoms with Gasteiger partial charge in [0, 0.05) is 0 Å². The van der Waals surface area contributed by atoms with Crippen LogP contribution in [-0.2, 0) is 0 Å². The van der Waals surface area contributed by atoms with Crippen molar-refractivity contribution < 1.29 is 13.6 Å². The molecule has 2 N–H and O–H groups in total. The van der Waals surface area contributed by atoms with Gasteiger partial charge in [-0.1, -0.05) is 0 Å². The highest BCUT2D eigenvalue weighted by Crippen LogP contribution is 2.27. The fourth-order valence-electron chi connectivity index (χ4n) is 1.03. The Bertz CT molecular complexity index is 456. The molecule has 1 heterocycles. The Morgan fingerprint density at radius 3 is 2.67 bits per heavy atom. The molecule has 0 spiro atoms. The predicted molar refractivity (Wildman–Crippen MR) is 48.5 cm³/mol. The molecule has 1 aromatic heterocycles. The average molecular weight is 232 g/mol. The molecule has 0 radical (unpaired) electrons. The number of nitrogen functional groups attached to an aromatic ring is 1. The Morgan fingerprint density at radius 2 is 2.27 bits per heavy atom. The lowest BCUT2D eigenvalue weighted by Crippen LogP contribution is -2.07. The number of anilines is 1. The maximum Gasteiger partial charge on any atom is 0.281 e. The molecule has 0 aliphatic carbocycles. The minimum absolute atomic E-state index is 0.161. The van der Waals surface area contributed by atoms with Gasteiger partial charge in [0.15, 0.2) is 0 Å². The Kier molecular flexibility index (Phi) is 3.17. The second kappa shape index (κ2) is 4.19. The maximum absolute atomic E-state index is 12.4. The van der Waals surface area contributed by atoms with Crippen molar-refractivity contribution in [1.29, 1.82) is 5.26 Å². The molecule has 0 saturated heterocycles. The van der Waals surface area contributed by atoms with Crippen LogP contribution >= 0.6 is 11.6 Å². The molecule has 0 bridgehead atoms. The first-order valence-electron chi connectivity index (χ1n) is 3.65. The van der Waals surface area contributed by atoms with E-state index in [1.54, 1.807) is 0 Å². The lowest BCUT2D eigenvalue weighted by Gasteiger charge is -2.07. The second-order valence-electron chi connectivity index (χ2n) is 2.53. The minimum Gasteiger partial charge on any atom is -0.396 e. The summed E-state index contributed by atoms with van der Waals surface area (Å²) in [5.74, 6) is 0. The Balaban J connectivity index is 3.58. The summed E-state index contributed by atoms with van der Waals surface area (Å²) in [4.78, 5) is 14.2. The van der Waals surface area contributed by atoms with Crippen molar-refractivity contribution in [3.8, 4) is 6.07 Å². The van der Waals surface area contributed by atoms with Crippen molar-refractivity contribution in [1.82, 2.24) is 4.98 Å². The van der Waals surface area contributed by atoms with Crippen molar-refractivity contribution in [2.24, 2.45) is 0 Å². The van der Waals surface area contributed by atoms with Gasteiger partial charge in [0.2, 0.25) is 0 Å². The number of hydrogen-bond donors (Lipinski definition) is 1. The quantitative estimate of drug-likeness (QED) is 0.788. The van der Waals surface area contributed by atoms with E-state index in [1.807, 2.05) is 0 Å². The van der Waals surface area contributed by atoms with Crippen LogP contribution in [0.25, 0.3) is 0 Å². The first-order valence-corrected chi connectivity index (χ1v) is 4.03. The third-order valence-electron chi connectivity index (χ3n) is 1.65. The summed E-state index contributed by atoms with van der Waals surface area (Å²) in [6, 6.07) is 1.54. The van der Waals surface area contributed by atoms with Crippen LogP contribution in [0.15, 0.2) is 6.20 Å². The van der Waals surface area contributed by atoms with Gasteiger partial charge < -0.3 is 5.73 Å². The first-order chi connectivity index (χ1) is 6.99. The standard InChI is InChI=1S/C8H4ClF2N3O/c9-7(15)5-3(1-12)4(13)2-14-6(5)8(10)11/h2,8H,13H2. The zero-order chi connectivity index (χ0) is 11.6. The molecule has 78 valence electrons. The number of carbonyl (C=O) groups is 1. The van der Waals surface area contributed by atoms with Crippen LogP contribution in [0.4, 0.5) is 14.5 Å². The van der Waals surface area contributed by atoms with Gasteiger partial charge in [0.1, 0.15) is 11.8 Å². The van der Waals surface area contributed by atoms with E-state index < -0.39 is 22.9 Å². The molecule has 0 aliphatic rings. The molecular formula is C8H4ClF2N3O. The van der Waals surface area contributed by atoms with Crippen molar-refractivity contribution in [3.05, 3.63) is 23.0 Å². The monoisotopic (exact) mass is 231 g/mol. The highest BCUT2D eigenvalue weighted by Gasteiger charge is 2.24. The lowest BCUT2D eigenvalue weighted by atomic mass is 10.1. The number of aromatic nitrogens is 1. The lowest BCUT2D eigenvalue weighted by molar-refractivity contribution is 0.106. The molecule has 15 heavy (non-hydrogen) atoms. The van der Waals surface area contributed by atoms with Crippen LogP contribution in [0.5, 0.6) is 0 Å². The Morgan fingerprint density at radius 1 is 1.67 bits per heavy atom. The fraction of sp³-hybridized carbons (Fsp3) is 0.125. The number of nitrogens with two attached hydrogens (primary N) is 1. The smallest absolute Gasteiger partial charge is 0.281 e. The molecule has 0 amide bonds. The van der Waals surface area contributed by atoms with Crippen LogP contribution in [0.2, 0.25) is 0 Å². The normalized spacial score (nSPS) is 10.1. The van der Waals surface area contributed by atoms with Crippen molar-refractivity contribution >= 4 is 22.5 Å². The topological polar surface area (TPSA) is 79.8 Å². The highest BCUT2D eigenvalue weighted by molar-refractivity contribution is 6.68. The van der Waals surface area contributed by atoms with E-state index in [0.29, 0.717) is 0 Å². The second-order valence-corrected chi connectivity index (χ2v) is 2.88. The number of halogens is 3. The number of rotatable bonds is 2. The van der Waals surface area contributed by atoms with Crippen LogP contribution in [0.3, 0.4) is 0 Å². The van der Waals surface area contributed by atoms with Crippen molar-refractivity contribution in [2.75, 3.05) is 5.73 Å². The SMILES string of the molecule is N#Cc1c(N)cnc(C(F)F)c1C(=O)Cl. The zero-order valence-corrected chi connectivity index (χ0v) is 7.92. The fourth-order valence-corrected chi connectivity index (χ4v) is 1.22. The zero-order valence-electron chi connectivity index (χ0n) is 7.17. The minimum atomic E-state index is -2.99. The van der Waals surface area contributed by atoms with Gasteiger partial charge in [-0.3, -0.25) is 9.78 Å². The number of carbonyl (C=O) groups excluding carboxylic acids is 1. The summed E-state index contributed by atoms with van der Waals surface area (Å²) in [7, 11) is 0. The van der Waals surface area contributed by atoms with Gasteiger partial charge in [-0.2, -0.15) is 5.26 Å². The van der Waals surface area contributed by atoms with Gasteiger partial charge in [0.05, 0.1) is 23.0 Å². The highest BCUT2D eigenvalue weighted by atomic mass is 35.5. The third-order valence-corrected chi connectivity index (χ3v) is 1.84. The number of nitriles is 1. The van der Waals surface area contributed by atoms with E-state index in [-0.39, 0.29) is 11.3 Å². The van der Waals surface area contributed by atoms with Gasteiger partial charge in [-0.25, -0.2) is 8.78 Å². The first kappa shape index (κ1) is 11.3. The van der Waals surface area contributed by atoms with E-state index in [2.05, 4.69) is 4.98 Å². The summed E-state index contributed by atoms with van der Waals surface area (Å²) in [5, 5.41) is 7.46. The largest absolute Gasteiger partial charge is 0.396 e. The maximum atomic E-state index is 12.4. The van der Waals surface area contributed by atoms with Gasteiger partial charge >= 0.3 is 0 Å². The van der Waals surface area contributed by atoms with E-state index in [0.717, 1.165) is 6.20 Å². The van der Waals surface area contributed by atoms with Crippen molar-refractivity contribution in [3.63, 3.8) is 0 Å². The molecule has 0 fully saturated rings. The van der Waals surface area contributed by atoms with E-state index in [1.165, 1.54) is 6.07 Å². The molecule has 0 aliphatic heterocycles. The molecule has 0 aromatic carbocycles. The van der Waals surface area contributed by atoms with Gasteiger partial charge in [-0.05, 0) is 11.6 Å². The van der Waals surface area contributed by atoms with Crippen molar-refractivity contribution in [2.45, 2.75) is 6.43 Å². The van der Waals surface area contributed by atoms with E-state index >= 15 is 0 Å². The molecule has 0 saturated carbocycles. The molecule has 7 heteroatoms. The third kappa shape index (κ3) is 2.02. The molecule has 0 unspecified atom stereocenters. The van der Waals surface area contributed by atoms with Crippen LogP contribution in [0, 0.1) is 11.3 Å². The molecule has 1 rings (SSSR count). The summed E-state index contributed by atoms with van der Waals surface area (Å²) in [5.41, 5.74) is 3.30. The summed E-state index contributed by atoms with van der Waals surface area (Å²) in [6.07, 6.45) is -2.10. The summed E-state index contributed by atoms with van der Waals surface area (Å²) >= 11 is 5.09. The van der Waals surface area contributed by atoms with Gasteiger partial charge in [0.25, 0.3) is 11.7 Å². The summed E-state index contributed by atoms with van der Waals surface area (Å²) < 4.78 is 24.8. The summed E-state index contributed by atoms with van der Waals surface area (Å²) in [6.45, 7) is 0. The van der Waals surface area contributed by atoms with Gasteiger partial charge in [-0.15, -0.1) is 0 Å².